The molecule has 0 aromatic carbocycles. The molecule has 7 nitrogen and oxygen atoms in total. The summed E-state index contributed by atoms with van der Waals surface area (Å²) in [5.74, 6) is -1.97. The number of carboxylic acids is 1. The Bertz CT molecular complexity index is 563. The highest BCUT2D eigenvalue weighted by Crippen LogP contribution is 2.25. The number of sulfonamides is 1. The van der Waals surface area contributed by atoms with Crippen LogP contribution in [0.3, 0.4) is 0 Å². The Balaban J connectivity index is 2.01. The lowest BCUT2D eigenvalue weighted by Crippen LogP contribution is -2.50. The molecule has 1 saturated heterocycles. The standard InChI is InChI=1S/C16H28N2O5S/c1-2-24(22,23)18-10-6-7-12(11-18)15(19)17-14-9-5-3-4-8-13(14)16(20)21/h12-14H,2-11H2,1H3,(H,17,19)(H,20,21)/t12?,13-,14+/m1/s1. The van der Waals surface area contributed by atoms with Crippen molar-refractivity contribution in [1.29, 1.82) is 0 Å². The number of amides is 1. The molecule has 24 heavy (non-hydrogen) atoms. The molecule has 2 fully saturated rings. The molecule has 1 aliphatic heterocycles. The number of nitrogens with zero attached hydrogens (tertiary/aromatic N) is 1. The zero-order valence-corrected chi connectivity index (χ0v) is 15.1. The number of rotatable bonds is 5. The number of hydrogen-bond donors (Lipinski definition) is 2. The van der Waals surface area contributed by atoms with Gasteiger partial charge in [-0.2, -0.15) is 0 Å². The minimum Gasteiger partial charge on any atom is -0.481 e. The average molecular weight is 360 g/mol. The third-order valence-corrected chi connectivity index (χ3v) is 7.02. The Kier molecular flexibility index (Phi) is 6.62. The number of nitrogens with one attached hydrogen (secondary N) is 1. The van der Waals surface area contributed by atoms with E-state index in [1.807, 2.05) is 0 Å². The van der Waals surface area contributed by atoms with Gasteiger partial charge in [0, 0.05) is 19.1 Å². The smallest absolute Gasteiger partial charge is 0.308 e. The van der Waals surface area contributed by atoms with Gasteiger partial charge in [-0.3, -0.25) is 9.59 Å². The highest BCUT2D eigenvalue weighted by molar-refractivity contribution is 7.89. The first-order chi connectivity index (χ1) is 11.3. The van der Waals surface area contributed by atoms with Crippen LogP contribution in [0.15, 0.2) is 0 Å². The van der Waals surface area contributed by atoms with Gasteiger partial charge >= 0.3 is 5.97 Å². The van der Waals surface area contributed by atoms with Crippen LogP contribution in [0.4, 0.5) is 0 Å². The summed E-state index contributed by atoms with van der Waals surface area (Å²) in [6, 6.07) is -0.351. The van der Waals surface area contributed by atoms with Crippen molar-refractivity contribution in [2.45, 2.75) is 57.9 Å². The second kappa shape index (κ2) is 8.29. The van der Waals surface area contributed by atoms with Gasteiger partial charge in [-0.1, -0.05) is 19.3 Å². The van der Waals surface area contributed by atoms with E-state index in [4.69, 9.17) is 0 Å². The number of hydrogen-bond acceptors (Lipinski definition) is 4. The summed E-state index contributed by atoms with van der Waals surface area (Å²) in [5, 5.41) is 12.3. The van der Waals surface area contributed by atoms with Crippen LogP contribution in [0.1, 0.15) is 51.9 Å². The Hall–Kier alpha value is -1.15. The van der Waals surface area contributed by atoms with Crippen molar-refractivity contribution >= 4 is 21.9 Å². The third-order valence-electron chi connectivity index (χ3n) is 5.17. The second-order valence-electron chi connectivity index (χ2n) is 6.80. The zero-order valence-electron chi connectivity index (χ0n) is 14.2. The molecule has 138 valence electrons. The lowest BCUT2D eigenvalue weighted by atomic mass is 9.93. The molecule has 3 atom stereocenters. The fraction of sp³-hybridized carbons (Fsp3) is 0.875. The Morgan fingerprint density at radius 1 is 1.12 bits per heavy atom. The maximum Gasteiger partial charge on any atom is 0.308 e. The largest absolute Gasteiger partial charge is 0.481 e. The van der Waals surface area contributed by atoms with Gasteiger partial charge in [0.2, 0.25) is 15.9 Å². The van der Waals surface area contributed by atoms with Crippen LogP contribution in [0.25, 0.3) is 0 Å². The van der Waals surface area contributed by atoms with Crippen LogP contribution in [0.5, 0.6) is 0 Å². The van der Waals surface area contributed by atoms with Crippen LogP contribution in [-0.2, 0) is 19.6 Å². The number of carbonyl (C=O) groups excluding carboxylic acids is 1. The van der Waals surface area contributed by atoms with Gasteiger partial charge in [-0.25, -0.2) is 12.7 Å². The van der Waals surface area contributed by atoms with Crippen LogP contribution >= 0.6 is 0 Å². The molecule has 0 spiro atoms. The predicted octanol–water partition coefficient (Wildman–Crippen LogP) is 1.20. The summed E-state index contributed by atoms with van der Waals surface area (Å²) >= 11 is 0. The molecule has 2 aliphatic rings. The highest BCUT2D eigenvalue weighted by Gasteiger charge is 2.35. The van der Waals surface area contributed by atoms with E-state index in [0.29, 0.717) is 32.2 Å². The maximum absolute atomic E-state index is 12.6. The quantitative estimate of drug-likeness (QED) is 0.717. The molecule has 1 saturated carbocycles. The van der Waals surface area contributed by atoms with E-state index in [0.717, 1.165) is 19.3 Å². The molecule has 0 aromatic rings. The molecule has 1 heterocycles. The van der Waals surface area contributed by atoms with Crippen LogP contribution in [0.2, 0.25) is 0 Å². The van der Waals surface area contributed by atoms with E-state index in [2.05, 4.69) is 5.32 Å². The zero-order chi connectivity index (χ0) is 17.7. The highest BCUT2D eigenvalue weighted by atomic mass is 32.2. The molecule has 8 heteroatoms. The molecular weight excluding hydrogens is 332 g/mol. The SMILES string of the molecule is CCS(=O)(=O)N1CCCC(C(=O)N[C@H]2CCCCC[C@H]2C(=O)O)C1. The first-order valence-electron chi connectivity index (χ1n) is 8.86. The van der Waals surface area contributed by atoms with Crippen LogP contribution in [0, 0.1) is 11.8 Å². The lowest BCUT2D eigenvalue weighted by molar-refractivity contribution is -0.143. The van der Waals surface area contributed by atoms with E-state index in [-0.39, 0.29) is 24.2 Å². The summed E-state index contributed by atoms with van der Waals surface area (Å²) in [6.07, 6.45) is 5.33. The molecule has 1 amide bonds. The Labute approximate surface area is 143 Å². The fourth-order valence-corrected chi connectivity index (χ4v) is 4.85. The predicted molar refractivity (Wildman–Crippen MR) is 89.9 cm³/mol. The third kappa shape index (κ3) is 4.69. The van der Waals surface area contributed by atoms with Gasteiger partial charge in [0.05, 0.1) is 17.6 Å². The van der Waals surface area contributed by atoms with Crippen LogP contribution in [-0.4, -0.2) is 54.6 Å². The number of aliphatic carboxylic acids is 1. The number of piperidine rings is 1. The minimum atomic E-state index is -3.29. The molecule has 0 bridgehead atoms. The van der Waals surface area contributed by atoms with Crippen LogP contribution < -0.4 is 5.32 Å². The fourth-order valence-electron chi connectivity index (χ4n) is 3.67. The van der Waals surface area contributed by atoms with Crippen molar-refractivity contribution in [3.63, 3.8) is 0 Å². The molecule has 1 aliphatic carbocycles. The van der Waals surface area contributed by atoms with Gasteiger partial charge in [0.1, 0.15) is 0 Å². The van der Waals surface area contributed by atoms with Gasteiger partial charge in [0.15, 0.2) is 0 Å². The van der Waals surface area contributed by atoms with Crippen molar-refractivity contribution < 1.29 is 23.1 Å². The van der Waals surface area contributed by atoms with E-state index in [1.54, 1.807) is 6.92 Å². The summed E-state index contributed by atoms with van der Waals surface area (Å²) in [7, 11) is -3.29. The molecule has 0 radical (unpaired) electrons. The van der Waals surface area contributed by atoms with Gasteiger partial charge in [-0.15, -0.1) is 0 Å². The first kappa shape index (κ1) is 19.2. The van der Waals surface area contributed by atoms with Gasteiger partial charge in [0.25, 0.3) is 0 Å². The summed E-state index contributed by atoms with van der Waals surface area (Å²) in [4.78, 5) is 24.0. The van der Waals surface area contributed by atoms with Crippen molar-refractivity contribution in [3.05, 3.63) is 0 Å². The minimum absolute atomic E-state index is 0.0328. The summed E-state index contributed by atoms with van der Waals surface area (Å²) in [6.45, 7) is 2.26. The van der Waals surface area contributed by atoms with E-state index < -0.39 is 27.8 Å². The lowest BCUT2D eigenvalue weighted by Gasteiger charge is -2.32. The van der Waals surface area contributed by atoms with E-state index in [9.17, 15) is 23.1 Å². The Morgan fingerprint density at radius 3 is 2.50 bits per heavy atom. The molecule has 2 rings (SSSR count). The topological polar surface area (TPSA) is 104 Å². The average Bonchev–Trinajstić information content (AvgIpc) is 2.80. The number of carbonyl (C=O) groups is 2. The maximum atomic E-state index is 12.6. The first-order valence-corrected chi connectivity index (χ1v) is 10.5. The van der Waals surface area contributed by atoms with Crippen molar-refractivity contribution in [3.8, 4) is 0 Å². The summed E-state index contributed by atoms with van der Waals surface area (Å²) in [5.41, 5.74) is 0. The molecule has 0 aromatic heterocycles. The van der Waals surface area contributed by atoms with Gasteiger partial charge in [-0.05, 0) is 32.6 Å². The normalized spacial score (nSPS) is 29.6. The van der Waals surface area contributed by atoms with Crippen molar-refractivity contribution in [2.24, 2.45) is 11.8 Å². The Morgan fingerprint density at radius 2 is 1.83 bits per heavy atom. The molecular formula is C16H28N2O5S. The molecule has 1 unspecified atom stereocenters. The van der Waals surface area contributed by atoms with Crippen molar-refractivity contribution in [2.75, 3.05) is 18.8 Å². The summed E-state index contributed by atoms with van der Waals surface area (Å²) < 4.78 is 25.4. The molecule has 2 N–H and O–H groups in total. The van der Waals surface area contributed by atoms with Gasteiger partial charge < -0.3 is 10.4 Å². The number of carboxylic acid groups (broad SMARTS) is 1. The van der Waals surface area contributed by atoms with Crippen molar-refractivity contribution in [1.82, 2.24) is 9.62 Å². The monoisotopic (exact) mass is 360 g/mol. The van der Waals surface area contributed by atoms with E-state index in [1.165, 1.54) is 4.31 Å². The van der Waals surface area contributed by atoms with E-state index >= 15 is 0 Å². The second-order valence-corrected chi connectivity index (χ2v) is 9.05.